The van der Waals surface area contributed by atoms with Gasteiger partial charge in [-0.1, -0.05) is 32.6 Å². The van der Waals surface area contributed by atoms with Crippen molar-refractivity contribution in [3.05, 3.63) is 0 Å². The van der Waals surface area contributed by atoms with Gasteiger partial charge in [0.25, 0.3) is 0 Å². The van der Waals surface area contributed by atoms with Crippen LogP contribution >= 0.6 is 0 Å². The number of ether oxygens (including phenoxy) is 1. The third kappa shape index (κ3) is 4.06. The molecule has 0 unspecified atom stereocenters. The molecule has 1 aliphatic heterocycles. The fourth-order valence-corrected chi connectivity index (χ4v) is 3.01. The molecule has 1 saturated heterocycles. The molecule has 2 aliphatic rings. The highest BCUT2D eigenvalue weighted by Crippen LogP contribution is 2.29. The van der Waals surface area contributed by atoms with Gasteiger partial charge in [0.15, 0.2) is 0 Å². The van der Waals surface area contributed by atoms with Crippen LogP contribution in [0.5, 0.6) is 0 Å². The molecule has 0 spiro atoms. The van der Waals surface area contributed by atoms with Crippen LogP contribution in [0, 0.1) is 11.8 Å². The van der Waals surface area contributed by atoms with E-state index < -0.39 is 0 Å². The second-order valence-corrected chi connectivity index (χ2v) is 5.76. The Labute approximate surface area is 100 Å². The molecule has 0 aromatic carbocycles. The van der Waals surface area contributed by atoms with Gasteiger partial charge in [0.2, 0.25) is 0 Å². The lowest BCUT2D eigenvalue weighted by Crippen LogP contribution is -2.36. The maximum Gasteiger partial charge on any atom is 0.0480 e. The summed E-state index contributed by atoms with van der Waals surface area (Å²) in [5.41, 5.74) is 0. The van der Waals surface area contributed by atoms with Crippen molar-refractivity contribution in [2.45, 2.75) is 57.9 Å². The van der Waals surface area contributed by atoms with Crippen LogP contribution in [0.2, 0.25) is 0 Å². The Bertz CT molecular complexity index is 181. The second kappa shape index (κ2) is 6.61. The van der Waals surface area contributed by atoms with E-state index in [0.29, 0.717) is 0 Å². The first kappa shape index (κ1) is 12.4. The molecule has 1 aliphatic carbocycles. The van der Waals surface area contributed by atoms with E-state index in [9.17, 15) is 0 Å². The first-order valence-electron chi connectivity index (χ1n) is 7.15. The van der Waals surface area contributed by atoms with Crippen LogP contribution in [0.1, 0.15) is 51.9 Å². The standard InChI is InChI=1S/C14H27NO/c1-12-2-4-13(5-3-12)6-9-15-14-7-10-16-11-8-14/h12-15H,2-11H2,1H3. The van der Waals surface area contributed by atoms with Crippen LogP contribution in [-0.4, -0.2) is 25.8 Å². The number of rotatable bonds is 4. The van der Waals surface area contributed by atoms with Gasteiger partial charge in [0.05, 0.1) is 0 Å². The minimum absolute atomic E-state index is 0.733. The Kier molecular flexibility index (Phi) is 5.11. The highest BCUT2D eigenvalue weighted by atomic mass is 16.5. The third-order valence-electron chi connectivity index (χ3n) is 4.34. The lowest BCUT2D eigenvalue weighted by atomic mass is 9.81. The molecular formula is C14H27NO. The molecule has 0 bridgehead atoms. The Morgan fingerprint density at radius 3 is 2.38 bits per heavy atom. The van der Waals surface area contributed by atoms with E-state index in [1.807, 2.05) is 0 Å². The monoisotopic (exact) mass is 225 g/mol. The van der Waals surface area contributed by atoms with Crippen molar-refractivity contribution in [2.75, 3.05) is 19.8 Å². The van der Waals surface area contributed by atoms with Gasteiger partial charge in [-0.2, -0.15) is 0 Å². The predicted octanol–water partition coefficient (Wildman–Crippen LogP) is 2.97. The van der Waals surface area contributed by atoms with E-state index in [1.54, 1.807) is 0 Å². The molecule has 1 saturated carbocycles. The molecule has 0 aromatic heterocycles. The molecule has 0 atom stereocenters. The molecule has 94 valence electrons. The van der Waals surface area contributed by atoms with Crippen LogP contribution in [0.3, 0.4) is 0 Å². The van der Waals surface area contributed by atoms with Gasteiger partial charge in [-0.25, -0.2) is 0 Å². The molecular weight excluding hydrogens is 198 g/mol. The topological polar surface area (TPSA) is 21.3 Å². The van der Waals surface area contributed by atoms with Crippen LogP contribution in [0.25, 0.3) is 0 Å². The second-order valence-electron chi connectivity index (χ2n) is 5.76. The van der Waals surface area contributed by atoms with Crippen molar-refractivity contribution >= 4 is 0 Å². The number of hydrogen-bond donors (Lipinski definition) is 1. The van der Waals surface area contributed by atoms with Crippen molar-refractivity contribution in [2.24, 2.45) is 11.8 Å². The van der Waals surface area contributed by atoms with Crippen molar-refractivity contribution < 1.29 is 4.74 Å². The zero-order valence-electron chi connectivity index (χ0n) is 10.7. The lowest BCUT2D eigenvalue weighted by molar-refractivity contribution is 0.0774. The Hall–Kier alpha value is -0.0800. The summed E-state index contributed by atoms with van der Waals surface area (Å²) in [6.45, 7) is 5.54. The van der Waals surface area contributed by atoms with Gasteiger partial charge in [-0.15, -0.1) is 0 Å². The highest BCUT2D eigenvalue weighted by Gasteiger charge is 2.18. The summed E-state index contributed by atoms with van der Waals surface area (Å²) in [6, 6.07) is 0.733. The van der Waals surface area contributed by atoms with Gasteiger partial charge in [0.1, 0.15) is 0 Å². The van der Waals surface area contributed by atoms with Gasteiger partial charge in [-0.3, -0.25) is 0 Å². The first-order valence-corrected chi connectivity index (χ1v) is 7.15. The summed E-state index contributed by atoms with van der Waals surface area (Å²) < 4.78 is 5.37. The molecule has 2 heteroatoms. The minimum Gasteiger partial charge on any atom is -0.381 e. The van der Waals surface area contributed by atoms with Crippen molar-refractivity contribution in [1.82, 2.24) is 5.32 Å². The molecule has 0 radical (unpaired) electrons. The van der Waals surface area contributed by atoms with Gasteiger partial charge in [0, 0.05) is 19.3 Å². The SMILES string of the molecule is CC1CCC(CCNC2CCOCC2)CC1. The fourth-order valence-electron chi connectivity index (χ4n) is 3.01. The number of hydrogen-bond acceptors (Lipinski definition) is 2. The molecule has 2 rings (SSSR count). The minimum atomic E-state index is 0.733. The van der Waals surface area contributed by atoms with Crippen LogP contribution in [0.4, 0.5) is 0 Å². The van der Waals surface area contributed by atoms with Crippen LogP contribution in [0.15, 0.2) is 0 Å². The molecule has 2 fully saturated rings. The summed E-state index contributed by atoms with van der Waals surface area (Å²) in [5, 5.41) is 3.70. The summed E-state index contributed by atoms with van der Waals surface area (Å²) >= 11 is 0. The van der Waals surface area contributed by atoms with E-state index in [0.717, 1.165) is 31.1 Å². The van der Waals surface area contributed by atoms with Crippen molar-refractivity contribution in [3.8, 4) is 0 Å². The predicted molar refractivity (Wildman–Crippen MR) is 67.6 cm³/mol. The summed E-state index contributed by atoms with van der Waals surface area (Å²) in [4.78, 5) is 0. The van der Waals surface area contributed by atoms with E-state index >= 15 is 0 Å². The Balaban J connectivity index is 1.53. The molecule has 1 heterocycles. The average molecular weight is 225 g/mol. The third-order valence-corrected chi connectivity index (χ3v) is 4.34. The molecule has 1 N–H and O–H groups in total. The first-order chi connectivity index (χ1) is 7.84. The fraction of sp³-hybridized carbons (Fsp3) is 1.00. The van der Waals surface area contributed by atoms with Gasteiger partial charge < -0.3 is 10.1 Å². The maximum absolute atomic E-state index is 5.37. The molecule has 16 heavy (non-hydrogen) atoms. The Morgan fingerprint density at radius 1 is 1.00 bits per heavy atom. The van der Waals surface area contributed by atoms with Gasteiger partial charge >= 0.3 is 0 Å². The van der Waals surface area contributed by atoms with Crippen LogP contribution in [-0.2, 0) is 4.74 Å². The smallest absolute Gasteiger partial charge is 0.0480 e. The molecule has 2 nitrogen and oxygen atoms in total. The van der Waals surface area contributed by atoms with Gasteiger partial charge in [-0.05, 0) is 37.6 Å². The molecule has 0 aromatic rings. The van der Waals surface area contributed by atoms with E-state index in [4.69, 9.17) is 4.74 Å². The summed E-state index contributed by atoms with van der Waals surface area (Å²) in [7, 11) is 0. The summed E-state index contributed by atoms with van der Waals surface area (Å²) in [6.07, 6.45) is 9.67. The normalized spacial score (nSPS) is 32.8. The maximum atomic E-state index is 5.37. The highest BCUT2D eigenvalue weighted by molar-refractivity contribution is 4.74. The zero-order chi connectivity index (χ0) is 11.2. The van der Waals surface area contributed by atoms with Crippen molar-refractivity contribution in [1.29, 1.82) is 0 Å². The zero-order valence-corrected chi connectivity index (χ0v) is 10.7. The van der Waals surface area contributed by atoms with E-state index in [1.165, 1.54) is 51.5 Å². The Morgan fingerprint density at radius 2 is 1.69 bits per heavy atom. The summed E-state index contributed by atoms with van der Waals surface area (Å²) in [5.74, 6) is 1.99. The lowest BCUT2D eigenvalue weighted by Gasteiger charge is -2.28. The van der Waals surface area contributed by atoms with Crippen LogP contribution < -0.4 is 5.32 Å². The van der Waals surface area contributed by atoms with Crippen molar-refractivity contribution in [3.63, 3.8) is 0 Å². The van der Waals surface area contributed by atoms with E-state index in [2.05, 4.69) is 12.2 Å². The largest absolute Gasteiger partial charge is 0.381 e. The quantitative estimate of drug-likeness (QED) is 0.794. The molecule has 0 amide bonds. The number of nitrogens with one attached hydrogen (secondary N) is 1. The average Bonchev–Trinajstić information content (AvgIpc) is 2.33. The van der Waals surface area contributed by atoms with E-state index in [-0.39, 0.29) is 0 Å².